The first-order valence-corrected chi connectivity index (χ1v) is 12.2. The lowest BCUT2D eigenvalue weighted by Crippen LogP contribution is -2.40. The Kier molecular flexibility index (Phi) is 6.35. The van der Waals surface area contributed by atoms with Crippen LogP contribution in [0.25, 0.3) is 11.5 Å². The number of benzene rings is 1. The summed E-state index contributed by atoms with van der Waals surface area (Å²) in [5.74, 6) is 0.389. The molecule has 0 amide bonds. The van der Waals surface area contributed by atoms with Gasteiger partial charge in [-0.1, -0.05) is 17.7 Å². The molecular formula is C22H27N5O5S. The molecule has 0 radical (unpaired) electrons. The van der Waals surface area contributed by atoms with Gasteiger partial charge in [-0.2, -0.15) is 4.31 Å². The fourth-order valence-electron chi connectivity index (χ4n) is 3.65. The third kappa shape index (κ3) is 4.83. The maximum absolute atomic E-state index is 12.8. The van der Waals surface area contributed by atoms with Gasteiger partial charge in [0.1, 0.15) is 5.82 Å². The van der Waals surface area contributed by atoms with Gasteiger partial charge in [0.05, 0.1) is 5.92 Å². The first-order valence-electron chi connectivity index (χ1n) is 10.8. The number of esters is 1. The van der Waals surface area contributed by atoms with Crippen molar-refractivity contribution in [1.82, 2.24) is 24.1 Å². The SMILES string of the molecule is Cc1ccc(-c2nnc(C(C)OC(=O)C3CCN(S(=O)(=O)c4cn(C)c(C)n4)CC3)o2)cc1. The van der Waals surface area contributed by atoms with E-state index in [9.17, 15) is 13.2 Å². The van der Waals surface area contributed by atoms with E-state index in [1.54, 1.807) is 25.5 Å². The molecule has 3 aromatic rings. The summed E-state index contributed by atoms with van der Waals surface area (Å²) < 4.78 is 39.9. The summed E-state index contributed by atoms with van der Waals surface area (Å²) in [5.41, 5.74) is 1.91. The molecule has 1 fully saturated rings. The topological polar surface area (TPSA) is 120 Å². The summed E-state index contributed by atoms with van der Waals surface area (Å²) in [6, 6.07) is 7.67. The van der Waals surface area contributed by atoms with Crippen LogP contribution in [0.5, 0.6) is 0 Å². The fourth-order valence-corrected chi connectivity index (χ4v) is 5.14. The molecule has 11 heteroatoms. The largest absolute Gasteiger partial charge is 0.452 e. The molecule has 4 rings (SSSR count). The van der Waals surface area contributed by atoms with Crippen LogP contribution in [0, 0.1) is 19.8 Å². The van der Waals surface area contributed by atoms with Gasteiger partial charge in [-0.15, -0.1) is 10.2 Å². The van der Waals surface area contributed by atoms with E-state index >= 15 is 0 Å². The minimum absolute atomic E-state index is 0.0259. The van der Waals surface area contributed by atoms with Gasteiger partial charge in [0.25, 0.3) is 15.9 Å². The van der Waals surface area contributed by atoms with Gasteiger partial charge < -0.3 is 13.7 Å². The molecule has 1 aliphatic heterocycles. The number of sulfonamides is 1. The quantitative estimate of drug-likeness (QED) is 0.501. The van der Waals surface area contributed by atoms with Crippen LogP contribution in [0.3, 0.4) is 0 Å². The Morgan fingerprint density at radius 2 is 1.82 bits per heavy atom. The van der Waals surface area contributed by atoms with Gasteiger partial charge in [0, 0.05) is 31.9 Å². The molecule has 1 aromatic carbocycles. The lowest BCUT2D eigenvalue weighted by molar-refractivity contribution is -0.156. The second-order valence-corrected chi connectivity index (χ2v) is 10.2. The number of rotatable bonds is 6. The zero-order chi connectivity index (χ0) is 23.8. The Morgan fingerprint density at radius 3 is 2.42 bits per heavy atom. The second kappa shape index (κ2) is 9.06. The highest BCUT2D eigenvalue weighted by Gasteiger charge is 2.35. The first kappa shape index (κ1) is 23.1. The molecular weight excluding hydrogens is 446 g/mol. The van der Waals surface area contributed by atoms with Crippen molar-refractivity contribution in [3.63, 3.8) is 0 Å². The Hall–Kier alpha value is -3.05. The average Bonchev–Trinajstić information content (AvgIpc) is 3.42. The summed E-state index contributed by atoms with van der Waals surface area (Å²) in [5, 5.41) is 8.08. The number of carbonyl (C=O) groups excluding carboxylic acids is 1. The fraction of sp³-hybridized carbons (Fsp3) is 0.455. The predicted molar refractivity (Wildman–Crippen MR) is 118 cm³/mol. The number of imidazole rings is 1. The minimum Gasteiger partial charge on any atom is -0.452 e. The van der Waals surface area contributed by atoms with E-state index in [2.05, 4.69) is 15.2 Å². The predicted octanol–water partition coefficient (Wildman–Crippen LogP) is 2.79. The monoisotopic (exact) mass is 473 g/mol. The summed E-state index contributed by atoms with van der Waals surface area (Å²) in [6.45, 7) is 5.86. The van der Waals surface area contributed by atoms with Crippen molar-refractivity contribution in [2.75, 3.05) is 13.1 Å². The van der Waals surface area contributed by atoms with E-state index in [1.165, 1.54) is 10.5 Å². The van der Waals surface area contributed by atoms with Crippen molar-refractivity contribution in [1.29, 1.82) is 0 Å². The van der Waals surface area contributed by atoms with E-state index in [1.807, 2.05) is 31.2 Å². The number of hydrogen-bond acceptors (Lipinski definition) is 8. The van der Waals surface area contributed by atoms with Crippen molar-refractivity contribution < 1.29 is 22.4 Å². The first-order chi connectivity index (χ1) is 15.6. The molecule has 0 aliphatic carbocycles. The van der Waals surface area contributed by atoms with Crippen molar-refractivity contribution >= 4 is 16.0 Å². The van der Waals surface area contributed by atoms with Gasteiger partial charge in [-0.05, 0) is 45.7 Å². The van der Waals surface area contributed by atoms with Crippen LogP contribution in [-0.2, 0) is 26.6 Å². The summed E-state index contributed by atoms with van der Waals surface area (Å²) in [4.78, 5) is 16.8. The maximum atomic E-state index is 12.8. The highest BCUT2D eigenvalue weighted by atomic mass is 32.2. The van der Waals surface area contributed by atoms with Crippen LogP contribution in [0.2, 0.25) is 0 Å². The number of carbonyl (C=O) groups is 1. The molecule has 1 unspecified atom stereocenters. The molecule has 1 saturated heterocycles. The third-order valence-corrected chi connectivity index (χ3v) is 7.63. The lowest BCUT2D eigenvalue weighted by Gasteiger charge is -2.29. The van der Waals surface area contributed by atoms with Gasteiger partial charge in [0.15, 0.2) is 11.1 Å². The number of aromatic nitrogens is 4. The lowest BCUT2D eigenvalue weighted by atomic mass is 9.98. The standard InChI is InChI=1S/C22H27N5O5S/c1-14-5-7-17(8-6-14)21-25-24-20(32-21)15(2)31-22(28)18-9-11-27(12-10-18)33(29,30)19-13-26(4)16(3)23-19/h5-8,13,15,18H,9-12H2,1-4H3. The minimum atomic E-state index is -3.69. The number of piperidine rings is 1. The molecule has 10 nitrogen and oxygen atoms in total. The number of aryl methyl sites for hydroxylation is 3. The van der Waals surface area contributed by atoms with Crippen molar-refractivity contribution in [2.45, 2.75) is 44.7 Å². The Labute approximate surface area is 192 Å². The molecule has 0 bridgehead atoms. The van der Waals surface area contributed by atoms with Gasteiger partial charge >= 0.3 is 5.97 Å². The highest BCUT2D eigenvalue weighted by Crippen LogP contribution is 2.27. The van der Waals surface area contributed by atoms with Crippen LogP contribution < -0.4 is 0 Å². The van der Waals surface area contributed by atoms with E-state index in [0.717, 1.165) is 11.1 Å². The highest BCUT2D eigenvalue weighted by molar-refractivity contribution is 7.89. The van der Waals surface area contributed by atoms with E-state index in [0.29, 0.717) is 24.6 Å². The van der Waals surface area contributed by atoms with E-state index in [-0.39, 0.29) is 24.0 Å². The van der Waals surface area contributed by atoms with Crippen LogP contribution in [0.1, 0.15) is 43.1 Å². The summed E-state index contributed by atoms with van der Waals surface area (Å²) in [7, 11) is -1.94. The number of hydrogen-bond donors (Lipinski definition) is 0. The molecule has 33 heavy (non-hydrogen) atoms. The van der Waals surface area contributed by atoms with Crippen LogP contribution in [-0.4, -0.2) is 51.5 Å². The third-order valence-electron chi connectivity index (χ3n) is 5.86. The Bertz CT molecular complexity index is 1220. The second-order valence-electron chi connectivity index (χ2n) is 8.31. The van der Waals surface area contributed by atoms with E-state index < -0.39 is 28.0 Å². The van der Waals surface area contributed by atoms with Gasteiger partial charge in [-0.3, -0.25) is 4.79 Å². The Morgan fingerprint density at radius 1 is 1.15 bits per heavy atom. The molecule has 0 saturated carbocycles. The normalized spacial score (nSPS) is 16.6. The van der Waals surface area contributed by atoms with Gasteiger partial charge in [-0.25, -0.2) is 13.4 Å². The van der Waals surface area contributed by atoms with Crippen molar-refractivity contribution in [3.8, 4) is 11.5 Å². The summed E-state index contributed by atoms with van der Waals surface area (Å²) in [6.07, 6.45) is 1.54. The van der Waals surface area contributed by atoms with Crippen LogP contribution >= 0.6 is 0 Å². The molecule has 0 spiro atoms. The van der Waals surface area contributed by atoms with Crippen molar-refractivity contribution in [2.24, 2.45) is 13.0 Å². The summed E-state index contributed by atoms with van der Waals surface area (Å²) >= 11 is 0. The molecule has 3 heterocycles. The van der Waals surface area contributed by atoms with Crippen LogP contribution in [0.15, 0.2) is 39.9 Å². The zero-order valence-corrected chi connectivity index (χ0v) is 19.9. The van der Waals surface area contributed by atoms with Gasteiger partial charge in [0.2, 0.25) is 5.89 Å². The Balaban J connectivity index is 1.34. The smallest absolute Gasteiger partial charge is 0.309 e. The van der Waals surface area contributed by atoms with Crippen LogP contribution in [0.4, 0.5) is 0 Å². The molecule has 1 aliphatic rings. The number of ether oxygens (including phenoxy) is 1. The maximum Gasteiger partial charge on any atom is 0.309 e. The number of nitrogens with zero attached hydrogens (tertiary/aromatic N) is 5. The molecule has 176 valence electrons. The van der Waals surface area contributed by atoms with Crippen molar-refractivity contribution in [3.05, 3.63) is 47.7 Å². The molecule has 0 N–H and O–H groups in total. The van der Waals surface area contributed by atoms with E-state index in [4.69, 9.17) is 9.15 Å². The average molecular weight is 474 g/mol. The molecule has 2 aromatic heterocycles. The molecule has 1 atom stereocenters. The zero-order valence-electron chi connectivity index (χ0n) is 19.1.